The highest BCUT2D eigenvalue weighted by atomic mass is 79.9. The largest absolute Gasteiger partial charge is 0.480 e. The number of carbonyl (C=O) groups is 3. The summed E-state index contributed by atoms with van der Waals surface area (Å²) in [6, 6.07) is 6.80. The summed E-state index contributed by atoms with van der Waals surface area (Å²) in [5.41, 5.74) is 0.402. The topological polar surface area (TPSA) is 86.7 Å². The van der Waals surface area contributed by atoms with Crippen LogP contribution in [0.1, 0.15) is 10.4 Å². The zero-order chi connectivity index (χ0) is 15.8. The van der Waals surface area contributed by atoms with Crippen LogP contribution in [0.5, 0.6) is 0 Å². The first kappa shape index (κ1) is 16.9. The van der Waals surface area contributed by atoms with Crippen molar-refractivity contribution in [2.75, 3.05) is 19.6 Å². The van der Waals surface area contributed by atoms with E-state index in [1.165, 1.54) is 6.08 Å². The predicted molar refractivity (Wildman–Crippen MR) is 80.9 cm³/mol. The van der Waals surface area contributed by atoms with Gasteiger partial charge in [0.2, 0.25) is 5.91 Å². The number of aliphatic carboxylic acids is 1. The predicted octanol–water partition coefficient (Wildman–Crippen LogP) is 1.28. The van der Waals surface area contributed by atoms with E-state index in [2.05, 4.69) is 27.8 Å². The molecule has 0 saturated heterocycles. The molecule has 0 atom stereocenters. The van der Waals surface area contributed by atoms with Crippen molar-refractivity contribution < 1.29 is 19.5 Å². The van der Waals surface area contributed by atoms with Crippen molar-refractivity contribution in [3.05, 3.63) is 47.0 Å². The van der Waals surface area contributed by atoms with E-state index < -0.39 is 24.3 Å². The van der Waals surface area contributed by atoms with Crippen LogP contribution in [0, 0.1) is 0 Å². The minimum absolute atomic E-state index is 0.107. The first-order valence-electron chi connectivity index (χ1n) is 6.09. The maximum absolute atomic E-state index is 11.9. The van der Waals surface area contributed by atoms with Gasteiger partial charge >= 0.3 is 5.97 Å². The lowest BCUT2D eigenvalue weighted by atomic mass is 10.2. The zero-order valence-corrected chi connectivity index (χ0v) is 12.8. The Bertz CT molecular complexity index is 560. The molecule has 21 heavy (non-hydrogen) atoms. The highest BCUT2D eigenvalue weighted by Crippen LogP contribution is 2.15. The van der Waals surface area contributed by atoms with Crippen LogP contribution in [0.15, 0.2) is 41.4 Å². The van der Waals surface area contributed by atoms with Crippen LogP contribution in [-0.4, -0.2) is 47.4 Å². The molecule has 0 unspecified atom stereocenters. The lowest BCUT2D eigenvalue weighted by Crippen LogP contribution is -2.42. The van der Waals surface area contributed by atoms with Gasteiger partial charge in [-0.2, -0.15) is 0 Å². The summed E-state index contributed by atoms with van der Waals surface area (Å²) >= 11 is 3.24. The summed E-state index contributed by atoms with van der Waals surface area (Å²) in [7, 11) is 0. The lowest BCUT2D eigenvalue weighted by molar-refractivity contribution is -0.143. The van der Waals surface area contributed by atoms with Gasteiger partial charge in [-0.05, 0) is 28.1 Å². The van der Waals surface area contributed by atoms with Crippen molar-refractivity contribution in [1.29, 1.82) is 0 Å². The van der Waals surface area contributed by atoms with Gasteiger partial charge in [0.1, 0.15) is 6.54 Å². The molecule has 0 saturated carbocycles. The number of carboxylic acid groups (broad SMARTS) is 1. The Labute approximate surface area is 130 Å². The molecule has 7 heteroatoms. The van der Waals surface area contributed by atoms with Crippen molar-refractivity contribution in [3.8, 4) is 0 Å². The van der Waals surface area contributed by atoms with E-state index in [0.29, 0.717) is 10.0 Å². The highest BCUT2D eigenvalue weighted by Gasteiger charge is 2.17. The number of nitrogens with one attached hydrogen (secondary N) is 1. The normalized spacial score (nSPS) is 9.76. The quantitative estimate of drug-likeness (QED) is 0.722. The number of carboxylic acids is 1. The van der Waals surface area contributed by atoms with Crippen molar-refractivity contribution in [3.63, 3.8) is 0 Å². The van der Waals surface area contributed by atoms with Crippen LogP contribution in [-0.2, 0) is 9.59 Å². The Hall–Kier alpha value is -2.15. The van der Waals surface area contributed by atoms with E-state index in [1.54, 1.807) is 24.3 Å². The Morgan fingerprint density at radius 1 is 1.33 bits per heavy atom. The molecule has 0 spiro atoms. The molecule has 0 aliphatic heterocycles. The second-order valence-corrected chi connectivity index (χ2v) is 4.97. The van der Waals surface area contributed by atoms with E-state index in [1.807, 2.05) is 0 Å². The molecule has 1 aromatic carbocycles. The molecule has 0 heterocycles. The summed E-state index contributed by atoms with van der Waals surface area (Å²) in [5, 5.41) is 11.2. The third-order valence-electron chi connectivity index (χ3n) is 2.55. The van der Waals surface area contributed by atoms with Crippen LogP contribution >= 0.6 is 15.9 Å². The average molecular weight is 355 g/mol. The molecule has 0 radical (unpaired) electrons. The lowest BCUT2D eigenvalue weighted by Gasteiger charge is -2.19. The fraction of sp³-hybridized carbons (Fsp3) is 0.214. The van der Waals surface area contributed by atoms with E-state index in [-0.39, 0.29) is 13.1 Å². The Kier molecular flexibility index (Phi) is 6.61. The average Bonchev–Trinajstić information content (AvgIpc) is 2.44. The molecule has 0 aliphatic rings. The third kappa shape index (κ3) is 5.39. The SMILES string of the molecule is C=CCN(CC(=O)O)C(=O)CNC(=O)c1ccccc1Br. The number of halogens is 1. The van der Waals surface area contributed by atoms with Gasteiger partial charge in [0.15, 0.2) is 0 Å². The van der Waals surface area contributed by atoms with Gasteiger partial charge in [-0.15, -0.1) is 6.58 Å². The maximum Gasteiger partial charge on any atom is 0.323 e. The third-order valence-corrected chi connectivity index (χ3v) is 3.24. The van der Waals surface area contributed by atoms with Crippen LogP contribution in [0.4, 0.5) is 0 Å². The summed E-state index contributed by atoms with van der Waals surface area (Å²) in [4.78, 5) is 35.6. The van der Waals surface area contributed by atoms with E-state index in [9.17, 15) is 14.4 Å². The molecule has 6 nitrogen and oxygen atoms in total. The standard InChI is InChI=1S/C14H15BrN2O4/c1-2-7-17(9-13(19)20)12(18)8-16-14(21)10-5-3-4-6-11(10)15/h2-6H,1,7-9H2,(H,16,21)(H,19,20). The summed E-state index contributed by atoms with van der Waals surface area (Å²) in [6.07, 6.45) is 1.43. The van der Waals surface area contributed by atoms with Crippen LogP contribution in [0.25, 0.3) is 0 Å². The zero-order valence-electron chi connectivity index (χ0n) is 11.2. The first-order chi connectivity index (χ1) is 9.95. The molecule has 0 aromatic heterocycles. The van der Waals surface area contributed by atoms with Crippen molar-refractivity contribution >= 4 is 33.7 Å². The summed E-state index contributed by atoms with van der Waals surface area (Å²) in [6.45, 7) is 2.86. The summed E-state index contributed by atoms with van der Waals surface area (Å²) < 4.78 is 0.614. The monoisotopic (exact) mass is 354 g/mol. The highest BCUT2D eigenvalue weighted by molar-refractivity contribution is 9.10. The first-order valence-corrected chi connectivity index (χ1v) is 6.88. The second kappa shape index (κ2) is 8.21. The van der Waals surface area contributed by atoms with E-state index in [0.717, 1.165) is 4.90 Å². The number of hydrogen-bond acceptors (Lipinski definition) is 3. The van der Waals surface area contributed by atoms with E-state index >= 15 is 0 Å². The number of benzene rings is 1. The van der Waals surface area contributed by atoms with Gasteiger partial charge < -0.3 is 15.3 Å². The number of carbonyl (C=O) groups excluding carboxylic acids is 2. The van der Waals surface area contributed by atoms with Gasteiger partial charge in [0.05, 0.1) is 12.1 Å². The Balaban J connectivity index is 2.62. The maximum atomic E-state index is 11.9. The minimum Gasteiger partial charge on any atom is -0.480 e. The van der Waals surface area contributed by atoms with Crippen molar-refractivity contribution in [2.45, 2.75) is 0 Å². The van der Waals surface area contributed by atoms with Gasteiger partial charge in [0.25, 0.3) is 5.91 Å². The minimum atomic E-state index is -1.12. The fourth-order valence-corrected chi connectivity index (χ4v) is 2.05. The Morgan fingerprint density at radius 3 is 2.57 bits per heavy atom. The number of amides is 2. The van der Waals surface area contributed by atoms with Crippen molar-refractivity contribution in [1.82, 2.24) is 10.2 Å². The van der Waals surface area contributed by atoms with Gasteiger partial charge in [-0.25, -0.2) is 0 Å². The van der Waals surface area contributed by atoms with Gasteiger partial charge in [-0.3, -0.25) is 14.4 Å². The van der Waals surface area contributed by atoms with Crippen molar-refractivity contribution in [2.24, 2.45) is 0 Å². The Morgan fingerprint density at radius 2 is 2.00 bits per heavy atom. The number of rotatable bonds is 7. The molecule has 2 N–H and O–H groups in total. The molecular weight excluding hydrogens is 340 g/mol. The molecule has 0 aliphatic carbocycles. The van der Waals surface area contributed by atoms with Crippen LogP contribution in [0.2, 0.25) is 0 Å². The molecular formula is C14H15BrN2O4. The molecule has 1 aromatic rings. The second-order valence-electron chi connectivity index (χ2n) is 4.12. The van der Waals surface area contributed by atoms with E-state index in [4.69, 9.17) is 5.11 Å². The molecule has 0 fully saturated rings. The molecule has 112 valence electrons. The van der Waals surface area contributed by atoms with Gasteiger partial charge in [0, 0.05) is 11.0 Å². The van der Waals surface area contributed by atoms with Crippen LogP contribution in [0.3, 0.4) is 0 Å². The number of nitrogens with zero attached hydrogens (tertiary/aromatic N) is 1. The molecule has 2 amide bonds. The smallest absolute Gasteiger partial charge is 0.323 e. The molecule has 1 rings (SSSR count). The number of hydrogen-bond donors (Lipinski definition) is 2. The van der Waals surface area contributed by atoms with Gasteiger partial charge in [-0.1, -0.05) is 18.2 Å². The van der Waals surface area contributed by atoms with Crippen LogP contribution < -0.4 is 5.32 Å². The fourth-order valence-electron chi connectivity index (χ4n) is 1.58. The molecule has 0 bridgehead atoms. The summed E-state index contributed by atoms with van der Waals surface area (Å²) in [5.74, 6) is -2.02.